The number of rotatable bonds is 1. The zero-order valence-electron chi connectivity index (χ0n) is 5.20. The number of hydrogen-bond donors (Lipinski definition) is 2. The Hall–Kier alpha value is -0.590. The summed E-state index contributed by atoms with van der Waals surface area (Å²) >= 11 is 0. The molecule has 0 spiro atoms. The summed E-state index contributed by atoms with van der Waals surface area (Å²) < 4.78 is 27.7. The van der Waals surface area contributed by atoms with Crippen molar-refractivity contribution in [2.24, 2.45) is 5.73 Å². The average molecular weight is 164 g/mol. The molecule has 6 heteroatoms. The lowest BCUT2D eigenvalue weighted by atomic mass is 10.4. The van der Waals surface area contributed by atoms with Gasteiger partial charge in [0.05, 0.1) is 6.54 Å². The second-order valence-electron chi connectivity index (χ2n) is 1.76. The lowest BCUT2D eigenvalue weighted by molar-refractivity contribution is 0.381. The summed E-state index contributed by atoms with van der Waals surface area (Å²) in [6.07, 6.45) is 1.58. The number of nitrogens with two attached hydrogens (primary N) is 1. The predicted molar refractivity (Wildman–Crippen MR) is 35.1 cm³/mol. The summed E-state index contributed by atoms with van der Waals surface area (Å²) in [5.74, 6) is 0.291. The van der Waals surface area contributed by atoms with Crippen molar-refractivity contribution in [2.45, 2.75) is 0 Å². The third kappa shape index (κ3) is 1.69. The highest BCUT2D eigenvalue weighted by Crippen LogP contribution is 2.04. The van der Waals surface area contributed by atoms with Crippen LogP contribution in [0.1, 0.15) is 0 Å². The van der Waals surface area contributed by atoms with Gasteiger partial charge in [0.2, 0.25) is 0 Å². The molecule has 0 aliphatic carbocycles. The highest BCUT2D eigenvalue weighted by atomic mass is 32.2. The van der Waals surface area contributed by atoms with Gasteiger partial charge in [-0.15, -0.1) is 0 Å². The SMILES string of the molecule is NCC1=CCNS(=O)(=O)O1. The molecule has 1 heterocycles. The lowest BCUT2D eigenvalue weighted by Gasteiger charge is -2.13. The van der Waals surface area contributed by atoms with Gasteiger partial charge in [-0.1, -0.05) is 0 Å². The fraction of sp³-hybridized carbons (Fsp3) is 0.500. The van der Waals surface area contributed by atoms with E-state index in [1.807, 2.05) is 0 Å². The van der Waals surface area contributed by atoms with E-state index in [0.717, 1.165) is 0 Å². The van der Waals surface area contributed by atoms with Gasteiger partial charge in [-0.25, -0.2) is 0 Å². The smallest absolute Gasteiger partial charge is 0.374 e. The van der Waals surface area contributed by atoms with Gasteiger partial charge in [0.1, 0.15) is 5.76 Å². The molecule has 0 aromatic heterocycles. The first-order chi connectivity index (χ1) is 4.64. The zero-order chi connectivity index (χ0) is 7.61. The fourth-order valence-corrected chi connectivity index (χ4v) is 1.34. The van der Waals surface area contributed by atoms with Crippen molar-refractivity contribution in [3.05, 3.63) is 11.8 Å². The van der Waals surface area contributed by atoms with Crippen molar-refractivity contribution in [1.82, 2.24) is 4.72 Å². The van der Waals surface area contributed by atoms with E-state index in [9.17, 15) is 8.42 Å². The van der Waals surface area contributed by atoms with Gasteiger partial charge >= 0.3 is 10.3 Å². The molecule has 3 N–H and O–H groups in total. The van der Waals surface area contributed by atoms with Crippen LogP contribution in [0.4, 0.5) is 0 Å². The minimum absolute atomic E-state index is 0.112. The Morgan fingerprint density at radius 3 is 2.90 bits per heavy atom. The molecule has 1 aliphatic rings. The lowest BCUT2D eigenvalue weighted by Crippen LogP contribution is -2.31. The van der Waals surface area contributed by atoms with Gasteiger partial charge in [-0.05, 0) is 6.08 Å². The van der Waals surface area contributed by atoms with E-state index in [2.05, 4.69) is 8.91 Å². The van der Waals surface area contributed by atoms with E-state index in [-0.39, 0.29) is 13.1 Å². The van der Waals surface area contributed by atoms with Gasteiger partial charge in [0, 0.05) is 6.54 Å². The molecule has 1 rings (SSSR count). The van der Waals surface area contributed by atoms with Gasteiger partial charge in [-0.2, -0.15) is 13.1 Å². The standard InChI is InChI=1S/C4H8N2O3S/c5-3-4-1-2-6-10(7,8)9-4/h1,6H,2-3,5H2. The summed E-state index contributed by atoms with van der Waals surface area (Å²) in [5, 5.41) is 0. The minimum atomic E-state index is -3.54. The third-order valence-electron chi connectivity index (χ3n) is 1.01. The van der Waals surface area contributed by atoms with Crippen LogP contribution in [0, 0.1) is 0 Å². The molecule has 0 radical (unpaired) electrons. The Balaban J connectivity index is 2.76. The van der Waals surface area contributed by atoms with Crippen LogP contribution in [0.2, 0.25) is 0 Å². The molecule has 0 amide bonds. The van der Waals surface area contributed by atoms with Crippen LogP contribution in [-0.4, -0.2) is 21.5 Å². The van der Waals surface area contributed by atoms with Crippen molar-refractivity contribution in [1.29, 1.82) is 0 Å². The van der Waals surface area contributed by atoms with E-state index in [1.165, 1.54) is 0 Å². The van der Waals surface area contributed by atoms with E-state index in [0.29, 0.717) is 5.76 Å². The van der Waals surface area contributed by atoms with Crippen molar-refractivity contribution >= 4 is 10.3 Å². The average Bonchev–Trinajstić information content (AvgIpc) is 1.86. The molecular formula is C4H8N2O3S. The van der Waals surface area contributed by atoms with Crippen LogP contribution in [0.5, 0.6) is 0 Å². The second-order valence-corrected chi connectivity index (χ2v) is 3.12. The highest BCUT2D eigenvalue weighted by Gasteiger charge is 2.16. The Kier molecular flexibility index (Phi) is 1.93. The molecule has 0 fully saturated rings. The first-order valence-electron chi connectivity index (χ1n) is 2.72. The molecule has 0 atom stereocenters. The molecule has 1 aliphatic heterocycles. The first kappa shape index (κ1) is 7.52. The second kappa shape index (κ2) is 2.57. The topological polar surface area (TPSA) is 81.4 Å². The normalized spacial score (nSPS) is 23.1. The molecule has 0 unspecified atom stereocenters. The van der Waals surface area contributed by atoms with Crippen LogP contribution < -0.4 is 10.5 Å². The maximum atomic E-state index is 10.6. The Bertz CT molecular complexity index is 243. The van der Waals surface area contributed by atoms with Gasteiger partial charge in [0.15, 0.2) is 0 Å². The number of hydrogen-bond acceptors (Lipinski definition) is 4. The Morgan fingerprint density at radius 2 is 2.50 bits per heavy atom. The van der Waals surface area contributed by atoms with Crippen molar-refractivity contribution in [3.8, 4) is 0 Å². The molecule has 10 heavy (non-hydrogen) atoms. The van der Waals surface area contributed by atoms with Crippen LogP contribution in [-0.2, 0) is 14.5 Å². The summed E-state index contributed by atoms with van der Waals surface area (Å²) in [4.78, 5) is 0. The maximum absolute atomic E-state index is 10.6. The molecular weight excluding hydrogens is 156 g/mol. The monoisotopic (exact) mass is 164 g/mol. The quantitative estimate of drug-likeness (QED) is 0.504. The maximum Gasteiger partial charge on any atom is 0.382 e. The van der Waals surface area contributed by atoms with E-state index in [4.69, 9.17) is 5.73 Å². The molecule has 0 saturated carbocycles. The van der Waals surface area contributed by atoms with Crippen LogP contribution >= 0.6 is 0 Å². The number of nitrogens with one attached hydrogen (secondary N) is 1. The van der Waals surface area contributed by atoms with E-state index >= 15 is 0 Å². The van der Waals surface area contributed by atoms with Crippen molar-refractivity contribution in [2.75, 3.05) is 13.1 Å². The van der Waals surface area contributed by atoms with Crippen molar-refractivity contribution < 1.29 is 12.6 Å². The van der Waals surface area contributed by atoms with Crippen LogP contribution in [0.15, 0.2) is 11.8 Å². The van der Waals surface area contributed by atoms with Gasteiger partial charge in [-0.3, -0.25) is 0 Å². The summed E-state index contributed by atoms with van der Waals surface area (Å²) in [6.45, 7) is 0.371. The summed E-state index contributed by atoms with van der Waals surface area (Å²) in [5.41, 5.74) is 5.14. The Labute approximate surface area is 59.1 Å². The Morgan fingerprint density at radius 1 is 1.80 bits per heavy atom. The third-order valence-corrected chi connectivity index (χ3v) is 1.96. The largest absolute Gasteiger partial charge is 0.382 e. The molecule has 0 aromatic rings. The van der Waals surface area contributed by atoms with E-state index < -0.39 is 10.3 Å². The summed E-state index contributed by atoms with van der Waals surface area (Å²) in [6, 6.07) is 0. The van der Waals surface area contributed by atoms with Crippen LogP contribution in [0.25, 0.3) is 0 Å². The minimum Gasteiger partial charge on any atom is -0.374 e. The first-order valence-corrected chi connectivity index (χ1v) is 4.13. The van der Waals surface area contributed by atoms with E-state index in [1.54, 1.807) is 6.08 Å². The fourth-order valence-electron chi connectivity index (χ4n) is 0.579. The molecule has 58 valence electrons. The molecule has 0 bridgehead atoms. The molecule has 0 aromatic carbocycles. The van der Waals surface area contributed by atoms with Gasteiger partial charge in [0.25, 0.3) is 0 Å². The summed E-state index contributed by atoms with van der Waals surface area (Å²) in [7, 11) is -3.54. The molecule has 0 saturated heterocycles. The highest BCUT2D eigenvalue weighted by molar-refractivity contribution is 7.84. The van der Waals surface area contributed by atoms with Gasteiger partial charge < -0.3 is 9.92 Å². The zero-order valence-corrected chi connectivity index (χ0v) is 6.02. The predicted octanol–water partition coefficient (Wildman–Crippen LogP) is -1.31. The van der Waals surface area contributed by atoms with Crippen LogP contribution in [0.3, 0.4) is 0 Å². The van der Waals surface area contributed by atoms with Crippen molar-refractivity contribution in [3.63, 3.8) is 0 Å². The molecule has 5 nitrogen and oxygen atoms in total.